The Balaban J connectivity index is 1.64. The fourth-order valence-corrected chi connectivity index (χ4v) is 4.96. The number of amides is 1. The van der Waals surface area contributed by atoms with Gasteiger partial charge in [0.2, 0.25) is 5.95 Å². The number of benzene rings is 3. The van der Waals surface area contributed by atoms with Crippen molar-refractivity contribution in [3.8, 4) is 28.6 Å². The third-order valence-electron chi connectivity index (χ3n) is 6.32. The molecule has 2 heterocycles. The molecule has 2 N–H and O–H groups in total. The summed E-state index contributed by atoms with van der Waals surface area (Å²) in [5.74, 6) is 2.20. The molecule has 39 heavy (non-hydrogen) atoms. The van der Waals surface area contributed by atoms with E-state index in [9.17, 15) is 4.79 Å². The Morgan fingerprint density at radius 2 is 1.69 bits per heavy atom. The third kappa shape index (κ3) is 5.10. The highest BCUT2D eigenvalue weighted by molar-refractivity contribution is 6.35. The van der Waals surface area contributed by atoms with Gasteiger partial charge in [0.15, 0.2) is 5.82 Å². The van der Waals surface area contributed by atoms with Gasteiger partial charge in [0.05, 0.1) is 32.6 Å². The van der Waals surface area contributed by atoms with Gasteiger partial charge in [-0.2, -0.15) is 4.98 Å². The Bertz CT molecular complexity index is 1580. The number of allylic oxidation sites excluding steroid dienone is 1. The van der Waals surface area contributed by atoms with Gasteiger partial charge < -0.3 is 24.8 Å². The number of carbonyl (C=O) groups excluding carboxylic acids is 1. The van der Waals surface area contributed by atoms with Crippen LogP contribution in [-0.2, 0) is 4.79 Å². The van der Waals surface area contributed by atoms with E-state index in [1.807, 2.05) is 24.3 Å². The summed E-state index contributed by atoms with van der Waals surface area (Å²) in [4.78, 5) is 18.6. The van der Waals surface area contributed by atoms with Gasteiger partial charge in [-0.05, 0) is 43.3 Å². The van der Waals surface area contributed by atoms with Crippen LogP contribution in [0.5, 0.6) is 17.2 Å². The van der Waals surface area contributed by atoms with Crippen LogP contribution in [0.4, 0.5) is 11.6 Å². The lowest BCUT2D eigenvalue weighted by Crippen LogP contribution is -2.31. The number of rotatable bonds is 7. The maximum Gasteiger partial charge on any atom is 0.255 e. The van der Waals surface area contributed by atoms with Crippen molar-refractivity contribution in [2.45, 2.75) is 13.0 Å². The summed E-state index contributed by atoms with van der Waals surface area (Å²) in [5, 5.41) is 11.9. The Hall–Kier alpha value is -4.21. The average Bonchev–Trinajstić information content (AvgIpc) is 3.36. The van der Waals surface area contributed by atoms with Gasteiger partial charge in [-0.25, -0.2) is 4.68 Å². The molecule has 1 amide bonds. The maximum absolute atomic E-state index is 13.8. The summed E-state index contributed by atoms with van der Waals surface area (Å²) in [7, 11) is 4.69. The number of nitrogens with one attached hydrogen (secondary N) is 2. The van der Waals surface area contributed by atoms with Crippen LogP contribution in [0.15, 0.2) is 71.9 Å². The average molecular weight is 566 g/mol. The first-order valence-corrected chi connectivity index (χ1v) is 12.7. The molecule has 1 aromatic heterocycles. The van der Waals surface area contributed by atoms with Gasteiger partial charge in [-0.15, -0.1) is 5.10 Å². The van der Waals surface area contributed by atoms with Crippen molar-refractivity contribution >= 4 is 40.7 Å². The topological polar surface area (TPSA) is 99.5 Å². The van der Waals surface area contributed by atoms with Crippen molar-refractivity contribution < 1.29 is 19.0 Å². The van der Waals surface area contributed by atoms with Crippen LogP contribution in [0.2, 0.25) is 10.0 Å². The highest BCUT2D eigenvalue weighted by Crippen LogP contribution is 2.41. The van der Waals surface area contributed by atoms with Gasteiger partial charge in [0.1, 0.15) is 23.3 Å². The number of aromatic nitrogens is 3. The van der Waals surface area contributed by atoms with Crippen LogP contribution in [-0.4, -0.2) is 42.0 Å². The monoisotopic (exact) mass is 565 g/mol. The first-order valence-electron chi connectivity index (χ1n) is 11.9. The van der Waals surface area contributed by atoms with E-state index in [1.165, 1.54) is 0 Å². The molecule has 1 aliphatic heterocycles. The second-order valence-corrected chi connectivity index (χ2v) is 9.54. The summed E-state index contributed by atoms with van der Waals surface area (Å²) in [6.07, 6.45) is 0. The second-order valence-electron chi connectivity index (χ2n) is 8.69. The lowest BCUT2D eigenvalue weighted by Gasteiger charge is -2.29. The molecule has 200 valence electrons. The molecule has 11 heteroatoms. The number of nitrogens with zero attached hydrogens (tertiary/aromatic N) is 3. The summed E-state index contributed by atoms with van der Waals surface area (Å²) in [6.45, 7) is 1.81. The number of hydrogen-bond acceptors (Lipinski definition) is 7. The number of hydrogen-bond donors (Lipinski definition) is 2. The summed E-state index contributed by atoms with van der Waals surface area (Å²) >= 11 is 12.9. The second kappa shape index (κ2) is 10.9. The normalized spacial score (nSPS) is 14.4. The Morgan fingerprint density at radius 1 is 0.974 bits per heavy atom. The molecule has 0 bridgehead atoms. The van der Waals surface area contributed by atoms with Crippen molar-refractivity contribution in [1.82, 2.24) is 14.8 Å². The standard InChI is InChI=1S/C28H25Cl2N5O4/c1-15-24(27(36)32-22-7-5-6-8-23(22)39-4)25(20-10-9-17(29)13-21(20)30)35-28(31-15)33-26(34-35)16-11-18(37-2)14-19(12-16)38-3/h5-14,25H,1-4H3,(H,32,36)(H,31,33,34). The molecule has 1 unspecified atom stereocenters. The van der Waals surface area contributed by atoms with E-state index in [2.05, 4.69) is 10.6 Å². The van der Waals surface area contributed by atoms with E-state index in [-0.39, 0.29) is 5.91 Å². The lowest BCUT2D eigenvalue weighted by molar-refractivity contribution is -0.113. The molecule has 9 nitrogen and oxygen atoms in total. The molecule has 4 aromatic rings. The SMILES string of the molecule is COc1cc(OC)cc(-c2nc3n(n2)C(c2ccc(Cl)cc2Cl)C(C(=O)Nc2ccccc2OC)=C(C)N3)c1. The largest absolute Gasteiger partial charge is 0.497 e. The van der Waals surface area contributed by atoms with Crippen LogP contribution in [0.3, 0.4) is 0 Å². The van der Waals surface area contributed by atoms with E-state index < -0.39 is 6.04 Å². The Kier molecular flexibility index (Phi) is 7.36. The van der Waals surface area contributed by atoms with Gasteiger partial charge in [0.25, 0.3) is 5.91 Å². The third-order valence-corrected chi connectivity index (χ3v) is 6.88. The number of para-hydroxylation sites is 2. The number of ether oxygens (including phenoxy) is 3. The number of halogens is 2. The first kappa shape index (κ1) is 26.4. The highest BCUT2D eigenvalue weighted by atomic mass is 35.5. The van der Waals surface area contributed by atoms with Crippen molar-refractivity contribution in [1.29, 1.82) is 0 Å². The smallest absolute Gasteiger partial charge is 0.255 e. The maximum atomic E-state index is 13.8. The molecule has 5 rings (SSSR count). The molecule has 1 aliphatic rings. The molecule has 0 saturated heterocycles. The summed E-state index contributed by atoms with van der Waals surface area (Å²) < 4.78 is 17.9. The number of methoxy groups -OCH3 is 3. The molecule has 0 aliphatic carbocycles. The number of anilines is 2. The summed E-state index contributed by atoms with van der Waals surface area (Å²) in [6, 6.07) is 17.0. The summed E-state index contributed by atoms with van der Waals surface area (Å²) in [5.41, 5.74) is 2.83. The van der Waals surface area contributed by atoms with Gasteiger partial charge in [-0.1, -0.05) is 41.4 Å². The van der Waals surface area contributed by atoms with Crippen molar-refractivity contribution in [3.63, 3.8) is 0 Å². The zero-order valence-electron chi connectivity index (χ0n) is 21.6. The van der Waals surface area contributed by atoms with Gasteiger partial charge in [-0.3, -0.25) is 4.79 Å². The zero-order chi connectivity index (χ0) is 27.7. The predicted molar refractivity (Wildman–Crippen MR) is 151 cm³/mol. The van der Waals surface area contributed by atoms with E-state index in [1.54, 1.807) is 69.3 Å². The van der Waals surface area contributed by atoms with Gasteiger partial charge >= 0.3 is 0 Å². The van der Waals surface area contributed by atoms with Crippen LogP contribution in [0, 0.1) is 0 Å². The number of carbonyl (C=O) groups is 1. The van der Waals surface area contributed by atoms with Gasteiger partial charge in [0, 0.05) is 32.9 Å². The van der Waals surface area contributed by atoms with Crippen LogP contribution in [0.25, 0.3) is 11.4 Å². The Labute approximate surface area is 235 Å². The number of fused-ring (bicyclic) bond motifs is 1. The van der Waals surface area contributed by atoms with E-state index in [0.29, 0.717) is 67.2 Å². The molecular formula is C28H25Cl2N5O4. The van der Waals surface area contributed by atoms with Crippen molar-refractivity contribution in [3.05, 3.63) is 87.5 Å². The fourth-order valence-electron chi connectivity index (χ4n) is 4.45. The first-order chi connectivity index (χ1) is 18.8. The van der Waals surface area contributed by atoms with Crippen molar-refractivity contribution in [2.75, 3.05) is 32.0 Å². The van der Waals surface area contributed by atoms with Crippen LogP contribution < -0.4 is 24.8 Å². The minimum atomic E-state index is -0.713. The predicted octanol–water partition coefficient (Wildman–Crippen LogP) is 6.21. The molecule has 0 saturated carbocycles. The minimum absolute atomic E-state index is 0.355. The fraction of sp³-hybridized carbons (Fsp3) is 0.179. The molecule has 1 atom stereocenters. The molecule has 0 radical (unpaired) electrons. The molecular weight excluding hydrogens is 541 g/mol. The quantitative estimate of drug-likeness (QED) is 0.275. The zero-order valence-corrected chi connectivity index (χ0v) is 23.1. The van der Waals surface area contributed by atoms with Crippen LogP contribution in [0.1, 0.15) is 18.5 Å². The molecule has 0 fully saturated rings. The highest BCUT2D eigenvalue weighted by Gasteiger charge is 2.36. The Morgan fingerprint density at radius 3 is 2.36 bits per heavy atom. The van der Waals surface area contributed by atoms with E-state index in [0.717, 1.165) is 0 Å². The molecule has 3 aromatic carbocycles. The van der Waals surface area contributed by atoms with E-state index in [4.69, 9.17) is 47.5 Å². The molecule has 0 spiro atoms. The van der Waals surface area contributed by atoms with E-state index >= 15 is 0 Å². The van der Waals surface area contributed by atoms with Crippen molar-refractivity contribution in [2.24, 2.45) is 0 Å². The lowest BCUT2D eigenvalue weighted by atomic mass is 9.95. The van der Waals surface area contributed by atoms with Crippen LogP contribution >= 0.6 is 23.2 Å². The minimum Gasteiger partial charge on any atom is -0.497 e.